The Labute approximate surface area is 152 Å². The lowest BCUT2D eigenvalue weighted by molar-refractivity contribution is -0.115. The van der Waals surface area contributed by atoms with Crippen molar-refractivity contribution in [3.05, 3.63) is 64.2 Å². The Morgan fingerprint density at radius 2 is 1.80 bits per heavy atom. The van der Waals surface area contributed by atoms with Crippen LogP contribution >= 0.6 is 11.6 Å². The van der Waals surface area contributed by atoms with Gasteiger partial charge in [-0.05, 0) is 55.2 Å². The minimum absolute atomic E-state index is 0.0869. The highest BCUT2D eigenvalue weighted by Crippen LogP contribution is 2.17. The van der Waals surface area contributed by atoms with Crippen LogP contribution < -0.4 is 16.0 Å². The lowest BCUT2D eigenvalue weighted by Gasteiger charge is -2.11. The summed E-state index contributed by atoms with van der Waals surface area (Å²) in [4.78, 5) is 23.7. The molecule has 5 nitrogen and oxygen atoms in total. The number of carbonyl (C=O) groups is 2. The first-order valence-electron chi connectivity index (χ1n) is 8.08. The minimum atomic E-state index is -0.377. The van der Waals surface area contributed by atoms with E-state index in [2.05, 4.69) is 16.0 Å². The topological polar surface area (TPSA) is 70.2 Å². The molecule has 0 aliphatic heterocycles. The molecule has 0 saturated carbocycles. The number of hydrogen-bond donors (Lipinski definition) is 3. The quantitative estimate of drug-likeness (QED) is 0.739. The molecular formula is C19H22ClN3O2. The Bertz CT molecular complexity index is 762. The molecule has 2 rings (SSSR count). The molecule has 3 N–H and O–H groups in total. The number of benzene rings is 2. The van der Waals surface area contributed by atoms with E-state index >= 15 is 0 Å². The van der Waals surface area contributed by atoms with E-state index in [0.717, 1.165) is 22.4 Å². The predicted octanol–water partition coefficient (Wildman–Crippen LogP) is 3.44. The maximum atomic E-state index is 11.9. The number of aryl methyl sites for hydroxylation is 1. The normalized spacial score (nSPS) is 10.2. The molecule has 0 fully saturated rings. The van der Waals surface area contributed by atoms with Crippen molar-refractivity contribution >= 4 is 29.2 Å². The van der Waals surface area contributed by atoms with Crippen molar-refractivity contribution in [2.45, 2.75) is 20.3 Å². The first-order chi connectivity index (χ1) is 12.0. The lowest BCUT2D eigenvalue weighted by Crippen LogP contribution is -2.40. The number of anilines is 1. The largest absolute Gasteiger partial charge is 0.338 e. The summed E-state index contributed by atoms with van der Waals surface area (Å²) < 4.78 is 0. The van der Waals surface area contributed by atoms with E-state index in [1.54, 1.807) is 6.07 Å². The lowest BCUT2D eigenvalue weighted by atomic mass is 10.1. The third-order valence-corrected chi connectivity index (χ3v) is 4.11. The molecule has 0 spiro atoms. The van der Waals surface area contributed by atoms with Gasteiger partial charge in [-0.15, -0.1) is 0 Å². The van der Waals surface area contributed by atoms with Crippen molar-refractivity contribution < 1.29 is 9.59 Å². The molecule has 6 heteroatoms. The van der Waals surface area contributed by atoms with Crippen molar-refractivity contribution in [1.82, 2.24) is 10.6 Å². The summed E-state index contributed by atoms with van der Waals surface area (Å²) >= 11 is 5.91. The minimum Gasteiger partial charge on any atom is -0.338 e. The SMILES string of the molecule is Cc1cccc(NC(=O)CNC(=O)NCCc2cccc(Cl)c2)c1C. The van der Waals surface area contributed by atoms with E-state index in [1.807, 2.05) is 50.2 Å². The molecule has 0 atom stereocenters. The van der Waals surface area contributed by atoms with Gasteiger partial charge in [0.25, 0.3) is 0 Å². The van der Waals surface area contributed by atoms with Crippen molar-refractivity contribution in [3.63, 3.8) is 0 Å². The smallest absolute Gasteiger partial charge is 0.315 e. The van der Waals surface area contributed by atoms with Crippen LogP contribution in [-0.2, 0) is 11.2 Å². The second kappa shape index (κ2) is 9.08. The van der Waals surface area contributed by atoms with Gasteiger partial charge < -0.3 is 16.0 Å². The van der Waals surface area contributed by atoms with Gasteiger partial charge >= 0.3 is 6.03 Å². The Balaban J connectivity index is 1.70. The summed E-state index contributed by atoms with van der Waals surface area (Å²) in [6.45, 7) is 4.30. The van der Waals surface area contributed by atoms with E-state index < -0.39 is 0 Å². The average Bonchev–Trinajstić information content (AvgIpc) is 2.57. The Hall–Kier alpha value is -2.53. The molecule has 3 amide bonds. The summed E-state index contributed by atoms with van der Waals surface area (Å²) in [5, 5.41) is 8.73. The molecule has 0 aliphatic carbocycles. The van der Waals surface area contributed by atoms with Crippen LogP contribution in [0.4, 0.5) is 10.5 Å². The van der Waals surface area contributed by atoms with E-state index in [4.69, 9.17) is 11.6 Å². The van der Waals surface area contributed by atoms with Gasteiger partial charge in [0.1, 0.15) is 0 Å². The fourth-order valence-corrected chi connectivity index (χ4v) is 2.53. The molecule has 132 valence electrons. The van der Waals surface area contributed by atoms with Crippen LogP contribution in [0.3, 0.4) is 0 Å². The maximum absolute atomic E-state index is 11.9. The summed E-state index contributed by atoms with van der Waals surface area (Å²) in [7, 11) is 0. The second-order valence-corrected chi connectivity index (χ2v) is 6.22. The zero-order valence-corrected chi connectivity index (χ0v) is 15.1. The molecule has 2 aromatic rings. The molecule has 0 bridgehead atoms. The van der Waals surface area contributed by atoms with Gasteiger partial charge in [0.15, 0.2) is 0 Å². The van der Waals surface area contributed by atoms with Gasteiger partial charge in [0.05, 0.1) is 6.54 Å². The number of hydrogen-bond acceptors (Lipinski definition) is 2. The van der Waals surface area contributed by atoms with Crippen LogP contribution in [0.15, 0.2) is 42.5 Å². The third kappa shape index (κ3) is 6.12. The van der Waals surface area contributed by atoms with Crippen LogP contribution in [-0.4, -0.2) is 25.0 Å². The van der Waals surface area contributed by atoms with E-state index in [1.165, 1.54) is 0 Å². The first-order valence-corrected chi connectivity index (χ1v) is 8.45. The first kappa shape index (κ1) is 18.8. The average molecular weight is 360 g/mol. The summed E-state index contributed by atoms with van der Waals surface area (Å²) in [6.07, 6.45) is 0.669. The van der Waals surface area contributed by atoms with E-state index in [9.17, 15) is 9.59 Å². The van der Waals surface area contributed by atoms with Gasteiger partial charge in [0, 0.05) is 17.3 Å². The highest BCUT2D eigenvalue weighted by molar-refractivity contribution is 6.30. The molecule has 25 heavy (non-hydrogen) atoms. The predicted molar refractivity (Wildman–Crippen MR) is 101 cm³/mol. The molecule has 0 aliphatic rings. The number of urea groups is 1. The third-order valence-electron chi connectivity index (χ3n) is 3.88. The van der Waals surface area contributed by atoms with Gasteiger partial charge in [-0.25, -0.2) is 4.79 Å². The zero-order chi connectivity index (χ0) is 18.2. The Morgan fingerprint density at radius 3 is 2.56 bits per heavy atom. The molecule has 0 saturated heterocycles. The van der Waals surface area contributed by atoms with Gasteiger partial charge in [0.2, 0.25) is 5.91 Å². The molecule has 0 aromatic heterocycles. The fourth-order valence-electron chi connectivity index (χ4n) is 2.32. The molecule has 0 unspecified atom stereocenters. The standard InChI is InChI=1S/C19H22ClN3O2/c1-13-5-3-8-17(14(13)2)23-18(24)12-22-19(25)21-10-9-15-6-4-7-16(20)11-15/h3-8,11H,9-10,12H2,1-2H3,(H,23,24)(H2,21,22,25). The van der Waals surface area contributed by atoms with E-state index in [0.29, 0.717) is 18.0 Å². The number of amides is 3. The van der Waals surface area contributed by atoms with Crippen molar-refractivity contribution in [1.29, 1.82) is 0 Å². The monoisotopic (exact) mass is 359 g/mol. The van der Waals surface area contributed by atoms with Crippen molar-refractivity contribution in [3.8, 4) is 0 Å². The number of carbonyl (C=O) groups excluding carboxylic acids is 2. The Kier molecular flexibility index (Phi) is 6.83. The highest BCUT2D eigenvalue weighted by Gasteiger charge is 2.08. The number of rotatable bonds is 6. The van der Waals surface area contributed by atoms with Crippen LogP contribution in [0.1, 0.15) is 16.7 Å². The van der Waals surface area contributed by atoms with Crippen molar-refractivity contribution in [2.24, 2.45) is 0 Å². The molecule has 2 aromatic carbocycles. The Morgan fingerprint density at radius 1 is 1.04 bits per heavy atom. The molecular weight excluding hydrogens is 338 g/mol. The fraction of sp³-hybridized carbons (Fsp3) is 0.263. The number of halogens is 1. The van der Waals surface area contributed by atoms with Gasteiger partial charge in [-0.3, -0.25) is 4.79 Å². The van der Waals surface area contributed by atoms with Crippen LogP contribution in [0, 0.1) is 13.8 Å². The van der Waals surface area contributed by atoms with Crippen molar-refractivity contribution in [2.75, 3.05) is 18.4 Å². The summed E-state index contributed by atoms with van der Waals surface area (Å²) in [6, 6.07) is 12.8. The zero-order valence-electron chi connectivity index (χ0n) is 14.4. The summed E-state index contributed by atoms with van der Waals surface area (Å²) in [5.74, 6) is -0.265. The van der Waals surface area contributed by atoms with Crippen LogP contribution in [0.2, 0.25) is 5.02 Å². The van der Waals surface area contributed by atoms with Gasteiger partial charge in [-0.2, -0.15) is 0 Å². The van der Waals surface area contributed by atoms with Crippen LogP contribution in [0.25, 0.3) is 0 Å². The molecule has 0 heterocycles. The number of nitrogens with one attached hydrogen (secondary N) is 3. The molecule has 0 radical (unpaired) electrons. The van der Waals surface area contributed by atoms with E-state index in [-0.39, 0.29) is 18.5 Å². The second-order valence-electron chi connectivity index (χ2n) is 5.79. The van der Waals surface area contributed by atoms with Gasteiger partial charge in [-0.1, -0.05) is 35.9 Å². The summed E-state index contributed by atoms with van der Waals surface area (Å²) in [5.41, 5.74) is 3.92. The highest BCUT2D eigenvalue weighted by atomic mass is 35.5. The maximum Gasteiger partial charge on any atom is 0.315 e. The van der Waals surface area contributed by atoms with Crippen LogP contribution in [0.5, 0.6) is 0 Å².